The molecule has 0 bridgehead atoms. The third kappa shape index (κ3) is 4.58. The summed E-state index contributed by atoms with van der Waals surface area (Å²) in [6.07, 6.45) is 6.70. The Morgan fingerprint density at radius 2 is 1.91 bits per heavy atom. The Balaban J connectivity index is 1.62. The predicted molar refractivity (Wildman–Crippen MR) is 135 cm³/mol. The molecule has 0 aliphatic carbocycles. The molecule has 2 atom stereocenters. The van der Waals surface area contributed by atoms with Crippen LogP contribution in [-0.4, -0.2) is 55.9 Å². The summed E-state index contributed by atoms with van der Waals surface area (Å²) in [5, 5.41) is 13.8. The molecule has 180 valence electrons. The molecule has 3 aromatic heterocycles. The van der Waals surface area contributed by atoms with E-state index in [0.29, 0.717) is 6.04 Å². The highest BCUT2D eigenvalue weighted by Gasteiger charge is 2.33. The van der Waals surface area contributed by atoms with Crippen molar-refractivity contribution in [2.45, 2.75) is 65.6 Å². The van der Waals surface area contributed by atoms with Gasteiger partial charge in [-0.25, -0.2) is 0 Å². The summed E-state index contributed by atoms with van der Waals surface area (Å²) in [4.78, 5) is 22.5. The van der Waals surface area contributed by atoms with Gasteiger partial charge in [0.2, 0.25) is 0 Å². The van der Waals surface area contributed by atoms with Gasteiger partial charge in [0.25, 0.3) is 5.56 Å². The number of piperazine rings is 1. The van der Waals surface area contributed by atoms with Crippen LogP contribution < -0.4 is 10.5 Å². The van der Waals surface area contributed by atoms with Crippen LogP contribution in [0.2, 0.25) is 0 Å². The summed E-state index contributed by atoms with van der Waals surface area (Å²) < 4.78 is 3.24. The fourth-order valence-electron chi connectivity index (χ4n) is 5.18. The van der Waals surface area contributed by atoms with Crippen LogP contribution in [0.5, 0.6) is 0 Å². The first-order valence-corrected chi connectivity index (χ1v) is 12.2. The maximum atomic E-state index is 12.8. The van der Waals surface area contributed by atoms with Gasteiger partial charge in [-0.1, -0.05) is 19.9 Å². The normalized spacial score (nSPS) is 19.0. The van der Waals surface area contributed by atoms with Crippen LogP contribution in [-0.2, 0) is 20.0 Å². The van der Waals surface area contributed by atoms with E-state index in [1.807, 2.05) is 6.20 Å². The molecule has 4 rings (SSSR count). The zero-order valence-electron chi connectivity index (χ0n) is 21.0. The standard InChI is InChI=1S/C26H35N7O/c1-6-20-16-33(23-13-25(34)30(5)24-17-32(11-9-27)29-26(23)24)21(7-2)15-31(20)10-8-22-19(4)12-18(3)14-28-22/h12-14,17,20-21H,6-8,10-11,15-16H2,1-5H3/t20-,21+/m1/s1. The first kappa shape index (κ1) is 24.0. The Morgan fingerprint density at radius 3 is 2.59 bits per heavy atom. The van der Waals surface area contributed by atoms with Crippen LogP contribution in [0.3, 0.4) is 0 Å². The zero-order valence-corrected chi connectivity index (χ0v) is 21.0. The van der Waals surface area contributed by atoms with Crippen molar-refractivity contribution >= 4 is 16.7 Å². The molecule has 0 unspecified atom stereocenters. The van der Waals surface area contributed by atoms with Crippen LogP contribution >= 0.6 is 0 Å². The summed E-state index contributed by atoms with van der Waals surface area (Å²) in [6.45, 7) is 11.6. The van der Waals surface area contributed by atoms with Gasteiger partial charge < -0.3 is 9.47 Å². The minimum absolute atomic E-state index is 0.0507. The molecule has 8 nitrogen and oxygen atoms in total. The molecule has 0 N–H and O–H groups in total. The average Bonchev–Trinajstić information content (AvgIpc) is 3.25. The number of hydrogen-bond donors (Lipinski definition) is 0. The van der Waals surface area contributed by atoms with Crippen molar-refractivity contribution in [2.75, 3.05) is 24.5 Å². The first-order chi connectivity index (χ1) is 16.4. The molecule has 1 saturated heterocycles. The Kier molecular flexibility index (Phi) is 7.03. The number of aromatic nitrogens is 4. The van der Waals surface area contributed by atoms with Gasteiger partial charge in [-0.05, 0) is 37.8 Å². The van der Waals surface area contributed by atoms with E-state index >= 15 is 0 Å². The van der Waals surface area contributed by atoms with Gasteiger partial charge in [-0.3, -0.25) is 19.4 Å². The lowest BCUT2D eigenvalue weighted by Crippen LogP contribution is -2.58. The second-order valence-corrected chi connectivity index (χ2v) is 9.44. The maximum Gasteiger partial charge on any atom is 0.252 e. The van der Waals surface area contributed by atoms with E-state index in [2.05, 4.69) is 59.7 Å². The molecule has 0 aromatic carbocycles. The average molecular weight is 462 g/mol. The van der Waals surface area contributed by atoms with Crippen molar-refractivity contribution in [3.8, 4) is 6.07 Å². The molecular weight excluding hydrogens is 426 g/mol. The van der Waals surface area contributed by atoms with Gasteiger partial charge in [-0.15, -0.1) is 0 Å². The highest BCUT2D eigenvalue weighted by atomic mass is 16.1. The van der Waals surface area contributed by atoms with Crippen molar-refractivity contribution in [2.24, 2.45) is 7.05 Å². The van der Waals surface area contributed by atoms with Crippen LogP contribution in [0, 0.1) is 25.2 Å². The highest BCUT2D eigenvalue weighted by Crippen LogP contribution is 2.30. The van der Waals surface area contributed by atoms with Crippen molar-refractivity contribution in [3.63, 3.8) is 0 Å². The lowest BCUT2D eigenvalue weighted by Gasteiger charge is -2.47. The minimum Gasteiger partial charge on any atom is -0.364 e. The van der Waals surface area contributed by atoms with E-state index in [9.17, 15) is 4.79 Å². The van der Waals surface area contributed by atoms with E-state index in [4.69, 9.17) is 5.26 Å². The van der Waals surface area contributed by atoms with E-state index in [1.165, 1.54) is 16.8 Å². The lowest BCUT2D eigenvalue weighted by atomic mass is 10.00. The number of hydrogen-bond acceptors (Lipinski definition) is 6. The lowest BCUT2D eigenvalue weighted by molar-refractivity contribution is 0.146. The molecule has 4 heterocycles. The Morgan fingerprint density at radius 1 is 1.15 bits per heavy atom. The second-order valence-electron chi connectivity index (χ2n) is 9.44. The highest BCUT2D eigenvalue weighted by molar-refractivity contribution is 5.88. The van der Waals surface area contributed by atoms with Crippen LogP contribution in [0.15, 0.2) is 29.3 Å². The largest absolute Gasteiger partial charge is 0.364 e. The molecule has 0 saturated carbocycles. The van der Waals surface area contributed by atoms with E-state index in [1.54, 1.807) is 28.6 Å². The molecule has 34 heavy (non-hydrogen) atoms. The molecule has 0 radical (unpaired) electrons. The summed E-state index contributed by atoms with van der Waals surface area (Å²) in [5.41, 5.74) is 6.02. The molecule has 1 aliphatic heterocycles. The second kappa shape index (κ2) is 9.98. The first-order valence-electron chi connectivity index (χ1n) is 12.2. The Labute approximate surface area is 201 Å². The number of fused-ring (bicyclic) bond motifs is 1. The molecule has 1 fully saturated rings. The van der Waals surface area contributed by atoms with Crippen LogP contribution in [0.4, 0.5) is 5.69 Å². The van der Waals surface area contributed by atoms with Crippen molar-refractivity contribution < 1.29 is 0 Å². The third-order valence-corrected chi connectivity index (χ3v) is 7.19. The quantitative estimate of drug-likeness (QED) is 0.537. The predicted octanol–water partition coefficient (Wildman–Crippen LogP) is 3.19. The van der Waals surface area contributed by atoms with Gasteiger partial charge in [-0.2, -0.15) is 10.4 Å². The summed E-state index contributed by atoms with van der Waals surface area (Å²) in [7, 11) is 1.76. The summed E-state index contributed by atoms with van der Waals surface area (Å²) >= 11 is 0. The van der Waals surface area contributed by atoms with Gasteiger partial charge >= 0.3 is 0 Å². The fraction of sp³-hybridized carbons (Fsp3) is 0.538. The number of nitrogens with zero attached hydrogens (tertiary/aromatic N) is 7. The van der Waals surface area contributed by atoms with Gasteiger partial charge in [0, 0.05) is 63.1 Å². The van der Waals surface area contributed by atoms with E-state index in [-0.39, 0.29) is 18.1 Å². The third-order valence-electron chi connectivity index (χ3n) is 7.19. The topological polar surface area (TPSA) is 83.0 Å². The Hall–Kier alpha value is -3.18. The summed E-state index contributed by atoms with van der Waals surface area (Å²) in [6, 6.07) is 6.74. The SMILES string of the molecule is CC[C@@H]1CN(c2cc(=O)n(C)c3cn(CC#N)nc23)[C@@H](CC)CN1CCc1ncc(C)cc1C. The van der Waals surface area contributed by atoms with Gasteiger partial charge in [0.1, 0.15) is 12.1 Å². The number of aryl methyl sites for hydroxylation is 3. The van der Waals surface area contributed by atoms with Gasteiger partial charge in [0.05, 0.1) is 23.5 Å². The van der Waals surface area contributed by atoms with Crippen LogP contribution in [0.25, 0.3) is 11.0 Å². The zero-order chi connectivity index (χ0) is 24.4. The number of anilines is 1. The van der Waals surface area contributed by atoms with Crippen molar-refractivity contribution in [1.82, 2.24) is 24.2 Å². The number of nitriles is 1. The summed E-state index contributed by atoms with van der Waals surface area (Å²) in [5.74, 6) is 0. The van der Waals surface area contributed by atoms with Crippen molar-refractivity contribution in [3.05, 3.63) is 51.7 Å². The number of rotatable bonds is 7. The molecule has 8 heteroatoms. The molecule has 0 amide bonds. The molecular formula is C26H35N7O. The molecule has 0 spiro atoms. The monoisotopic (exact) mass is 461 g/mol. The molecule has 3 aromatic rings. The van der Waals surface area contributed by atoms with Crippen molar-refractivity contribution in [1.29, 1.82) is 5.26 Å². The van der Waals surface area contributed by atoms with Crippen LogP contribution in [0.1, 0.15) is 43.5 Å². The number of pyridine rings is 2. The van der Waals surface area contributed by atoms with E-state index < -0.39 is 0 Å². The minimum atomic E-state index is -0.0507. The Bertz CT molecular complexity index is 1270. The smallest absolute Gasteiger partial charge is 0.252 e. The molecule has 1 aliphatic rings. The maximum absolute atomic E-state index is 12.8. The van der Waals surface area contributed by atoms with E-state index in [0.717, 1.165) is 55.6 Å². The van der Waals surface area contributed by atoms with Gasteiger partial charge in [0.15, 0.2) is 0 Å². The fourth-order valence-corrected chi connectivity index (χ4v) is 5.18.